The third kappa shape index (κ3) is 5.24. The van der Waals surface area contributed by atoms with Crippen LogP contribution in [-0.2, 0) is 6.54 Å². The van der Waals surface area contributed by atoms with Gasteiger partial charge in [0.25, 0.3) is 0 Å². The standard InChI is InChI=1S/C18H32N2Si/c1-5-20-12-10-17(11-13-20)15-19-14-16-6-8-18(9-7-16)21(2,3)4/h6-9,17,19H,5,10-15H2,1-4H3. The van der Waals surface area contributed by atoms with Gasteiger partial charge in [0.05, 0.1) is 8.07 Å². The summed E-state index contributed by atoms with van der Waals surface area (Å²) < 4.78 is 0. The minimum Gasteiger partial charge on any atom is -0.312 e. The van der Waals surface area contributed by atoms with Crippen LogP contribution in [0, 0.1) is 5.92 Å². The summed E-state index contributed by atoms with van der Waals surface area (Å²) >= 11 is 0. The molecule has 0 saturated carbocycles. The molecule has 2 rings (SSSR count). The Morgan fingerprint density at radius 1 is 1.10 bits per heavy atom. The van der Waals surface area contributed by atoms with Crippen LogP contribution < -0.4 is 10.5 Å². The van der Waals surface area contributed by atoms with E-state index < -0.39 is 8.07 Å². The summed E-state index contributed by atoms with van der Waals surface area (Å²) in [5.41, 5.74) is 1.42. The number of nitrogens with zero attached hydrogens (tertiary/aromatic N) is 1. The van der Waals surface area contributed by atoms with Crippen LogP contribution in [-0.4, -0.2) is 39.2 Å². The van der Waals surface area contributed by atoms with Crippen molar-refractivity contribution in [3.8, 4) is 0 Å². The van der Waals surface area contributed by atoms with E-state index in [4.69, 9.17) is 0 Å². The molecular weight excluding hydrogens is 272 g/mol. The lowest BCUT2D eigenvalue weighted by atomic mass is 9.97. The highest BCUT2D eigenvalue weighted by Gasteiger charge is 2.18. The predicted molar refractivity (Wildman–Crippen MR) is 96.0 cm³/mol. The number of rotatable bonds is 6. The zero-order chi connectivity index (χ0) is 15.3. The van der Waals surface area contributed by atoms with Gasteiger partial charge in [0, 0.05) is 6.54 Å². The summed E-state index contributed by atoms with van der Waals surface area (Å²) in [6.07, 6.45) is 2.71. The molecule has 1 N–H and O–H groups in total. The van der Waals surface area contributed by atoms with Crippen molar-refractivity contribution in [2.75, 3.05) is 26.2 Å². The SMILES string of the molecule is CCN1CCC(CNCc2ccc([Si](C)(C)C)cc2)CC1. The molecular formula is C18H32N2Si. The van der Waals surface area contributed by atoms with Crippen LogP contribution in [0.5, 0.6) is 0 Å². The van der Waals surface area contributed by atoms with E-state index in [-0.39, 0.29) is 0 Å². The minimum absolute atomic E-state index is 0.869. The highest BCUT2D eigenvalue weighted by atomic mass is 28.3. The van der Waals surface area contributed by atoms with E-state index in [2.05, 4.69) is 61.0 Å². The first-order valence-electron chi connectivity index (χ1n) is 8.51. The average molecular weight is 305 g/mol. The smallest absolute Gasteiger partial charge is 0.0775 e. The second-order valence-electron chi connectivity index (χ2n) is 7.46. The molecule has 1 aliphatic rings. The monoisotopic (exact) mass is 304 g/mol. The number of piperidine rings is 1. The van der Waals surface area contributed by atoms with Crippen molar-refractivity contribution in [3.63, 3.8) is 0 Å². The molecule has 1 fully saturated rings. The lowest BCUT2D eigenvalue weighted by Crippen LogP contribution is -2.37. The summed E-state index contributed by atoms with van der Waals surface area (Å²) in [7, 11) is -1.15. The molecule has 0 spiro atoms. The maximum Gasteiger partial charge on any atom is 0.0775 e. The normalized spacial score (nSPS) is 18.1. The average Bonchev–Trinajstić information content (AvgIpc) is 2.47. The van der Waals surface area contributed by atoms with Crippen molar-refractivity contribution in [2.24, 2.45) is 5.92 Å². The molecule has 1 aromatic carbocycles. The number of nitrogens with one attached hydrogen (secondary N) is 1. The largest absolute Gasteiger partial charge is 0.312 e. The van der Waals surface area contributed by atoms with Gasteiger partial charge >= 0.3 is 0 Å². The van der Waals surface area contributed by atoms with Crippen LogP contribution in [0.4, 0.5) is 0 Å². The van der Waals surface area contributed by atoms with E-state index in [1.165, 1.54) is 44.6 Å². The summed E-state index contributed by atoms with van der Waals surface area (Å²) in [5, 5.41) is 5.21. The van der Waals surface area contributed by atoms with Crippen molar-refractivity contribution < 1.29 is 0 Å². The molecule has 0 radical (unpaired) electrons. The summed E-state index contributed by atoms with van der Waals surface area (Å²) in [6, 6.07) is 9.28. The molecule has 3 heteroatoms. The van der Waals surface area contributed by atoms with Gasteiger partial charge in [0.15, 0.2) is 0 Å². The maximum absolute atomic E-state index is 3.66. The Morgan fingerprint density at radius 3 is 2.24 bits per heavy atom. The number of likely N-dealkylation sites (tertiary alicyclic amines) is 1. The zero-order valence-electron chi connectivity index (χ0n) is 14.3. The lowest BCUT2D eigenvalue weighted by molar-refractivity contribution is 0.190. The van der Waals surface area contributed by atoms with Gasteiger partial charge in [-0.25, -0.2) is 0 Å². The Balaban J connectivity index is 1.72. The van der Waals surface area contributed by atoms with Crippen LogP contribution in [0.2, 0.25) is 19.6 Å². The van der Waals surface area contributed by atoms with Crippen molar-refractivity contribution in [1.29, 1.82) is 0 Å². The lowest BCUT2D eigenvalue weighted by Gasteiger charge is -2.31. The Labute approximate surface area is 131 Å². The Kier molecular flexibility index (Phi) is 6.03. The molecule has 1 saturated heterocycles. The molecule has 0 aliphatic carbocycles. The van der Waals surface area contributed by atoms with Crippen LogP contribution >= 0.6 is 0 Å². The molecule has 118 valence electrons. The molecule has 21 heavy (non-hydrogen) atoms. The van der Waals surface area contributed by atoms with Crippen molar-refractivity contribution >= 4 is 13.3 Å². The van der Waals surface area contributed by atoms with E-state index >= 15 is 0 Å². The van der Waals surface area contributed by atoms with E-state index in [0.29, 0.717) is 0 Å². The molecule has 0 atom stereocenters. The van der Waals surface area contributed by atoms with Crippen LogP contribution in [0.25, 0.3) is 0 Å². The van der Waals surface area contributed by atoms with Gasteiger partial charge in [-0.1, -0.05) is 56.0 Å². The highest BCUT2D eigenvalue weighted by molar-refractivity contribution is 6.88. The van der Waals surface area contributed by atoms with Crippen LogP contribution in [0.15, 0.2) is 24.3 Å². The van der Waals surface area contributed by atoms with Crippen molar-refractivity contribution in [3.05, 3.63) is 29.8 Å². The van der Waals surface area contributed by atoms with Crippen molar-refractivity contribution in [1.82, 2.24) is 10.2 Å². The van der Waals surface area contributed by atoms with Gasteiger partial charge in [-0.15, -0.1) is 0 Å². The third-order valence-electron chi connectivity index (χ3n) is 4.74. The van der Waals surface area contributed by atoms with Gasteiger partial charge in [-0.05, 0) is 50.5 Å². The van der Waals surface area contributed by atoms with E-state index in [1.54, 1.807) is 5.19 Å². The van der Waals surface area contributed by atoms with E-state index in [1.807, 2.05) is 0 Å². The topological polar surface area (TPSA) is 15.3 Å². The molecule has 1 aliphatic heterocycles. The Hall–Kier alpha value is -0.643. The maximum atomic E-state index is 3.66. The second kappa shape index (κ2) is 7.57. The number of hydrogen-bond acceptors (Lipinski definition) is 2. The van der Waals surface area contributed by atoms with Gasteiger partial charge < -0.3 is 10.2 Å². The molecule has 1 heterocycles. The summed E-state index contributed by atoms with van der Waals surface area (Å²) in [5.74, 6) is 0.869. The van der Waals surface area contributed by atoms with Crippen LogP contribution in [0.1, 0.15) is 25.3 Å². The molecule has 0 aromatic heterocycles. The first-order chi connectivity index (χ1) is 9.99. The quantitative estimate of drug-likeness (QED) is 0.813. The Morgan fingerprint density at radius 2 is 1.71 bits per heavy atom. The van der Waals surface area contributed by atoms with Gasteiger partial charge in [0.1, 0.15) is 0 Å². The minimum atomic E-state index is -1.15. The fourth-order valence-electron chi connectivity index (χ4n) is 3.05. The molecule has 1 aromatic rings. The first-order valence-corrected chi connectivity index (χ1v) is 12.0. The molecule has 2 nitrogen and oxygen atoms in total. The zero-order valence-corrected chi connectivity index (χ0v) is 15.3. The Bertz CT molecular complexity index is 414. The summed E-state index contributed by atoms with van der Waals surface area (Å²) in [6.45, 7) is 15.5. The fraction of sp³-hybridized carbons (Fsp3) is 0.667. The van der Waals surface area contributed by atoms with Gasteiger partial charge in [-0.3, -0.25) is 0 Å². The van der Waals surface area contributed by atoms with Gasteiger partial charge in [-0.2, -0.15) is 0 Å². The number of benzene rings is 1. The number of hydrogen-bond donors (Lipinski definition) is 1. The fourth-order valence-corrected chi connectivity index (χ4v) is 4.22. The molecule has 0 unspecified atom stereocenters. The van der Waals surface area contributed by atoms with E-state index in [0.717, 1.165) is 12.5 Å². The highest BCUT2D eigenvalue weighted by Crippen LogP contribution is 2.16. The van der Waals surface area contributed by atoms with Gasteiger partial charge in [0.2, 0.25) is 0 Å². The van der Waals surface area contributed by atoms with Crippen LogP contribution in [0.3, 0.4) is 0 Å². The molecule has 0 amide bonds. The van der Waals surface area contributed by atoms with Crippen molar-refractivity contribution in [2.45, 2.75) is 46.0 Å². The predicted octanol–water partition coefficient (Wildman–Crippen LogP) is 3.05. The second-order valence-corrected chi connectivity index (χ2v) is 12.5. The molecule has 0 bridgehead atoms. The third-order valence-corrected chi connectivity index (χ3v) is 6.80. The summed E-state index contributed by atoms with van der Waals surface area (Å²) in [4.78, 5) is 2.56. The van der Waals surface area contributed by atoms with E-state index in [9.17, 15) is 0 Å². The first kappa shape index (κ1) is 16.7.